The lowest BCUT2D eigenvalue weighted by Crippen LogP contribution is -2.61. The summed E-state index contributed by atoms with van der Waals surface area (Å²) in [6.07, 6.45) is 3.38. The zero-order valence-electron chi connectivity index (χ0n) is 25.4. The second-order valence-electron chi connectivity index (χ2n) is 11.9. The first-order chi connectivity index (χ1) is 20.3. The molecule has 2 bridgehead atoms. The summed E-state index contributed by atoms with van der Waals surface area (Å²) in [5.74, 6) is 1.03. The van der Waals surface area contributed by atoms with Gasteiger partial charge in [0.25, 0.3) is 5.91 Å². The predicted octanol–water partition coefficient (Wildman–Crippen LogP) is 5.36. The molecular formula is C36H43N3O3. The van der Waals surface area contributed by atoms with Gasteiger partial charge in [0.15, 0.2) is 0 Å². The van der Waals surface area contributed by atoms with Gasteiger partial charge in [0, 0.05) is 45.2 Å². The van der Waals surface area contributed by atoms with E-state index in [0.717, 1.165) is 48.1 Å². The van der Waals surface area contributed by atoms with E-state index in [0.29, 0.717) is 26.2 Å². The lowest BCUT2D eigenvalue weighted by atomic mass is 9.82. The largest absolute Gasteiger partial charge is 0.494 e. The molecule has 6 nitrogen and oxygen atoms in total. The number of piperazine rings is 1. The molecule has 3 aromatic rings. The van der Waals surface area contributed by atoms with Gasteiger partial charge >= 0.3 is 0 Å². The number of fused-ring (bicyclic) bond motifs is 2. The van der Waals surface area contributed by atoms with Crippen molar-refractivity contribution >= 4 is 17.4 Å². The van der Waals surface area contributed by atoms with E-state index in [-0.39, 0.29) is 23.9 Å². The van der Waals surface area contributed by atoms with Crippen LogP contribution in [0.1, 0.15) is 47.6 Å². The number of rotatable bonds is 10. The highest BCUT2D eigenvalue weighted by Crippen LogP contribution is 2.34. The van der Waals surface area contributed by atoms with Gasteiger partial charge in [0.2, 0.25) is 5.91 Å². The van der Waals surface area contributed by atoms with E-state index < -0.39 is 0 Å². The van der Waals surface area contributed by atoms with Crippen LogP contribution in [0.3, 0.4) is 0 Å². The van der Waals surface area contributed by atoms with Crippen LogP contribution in [0.25, 0.3) is 5.57 Å². The summed E-state index contributed by atoms with van der Waals surface area (Å²) in [7, 11) is 1.89. The fourth-order valence-electron chi connectivity index (χ4n) is 6.23. The van der Waals surface area contributed by atoms with Crippen molar-refractivity contribution in [2.24, 2.45) is 0 Å². The minimum Gasteiger partial charge on any atom is -0.494 e. The van der Waals surface area contributed by atoms with Crippen molar-refractivity contribution in [2.75, 3.05) is 33.3 Å². The third kappa shape index (κ3) is 7.29. The van der Waals surface area contributed by atoms with Crippen molar-refractivity contribution in [2.45, 2.75) is 58.5 Å². The van der Waals surface area contributed by atoms with Gasteiger partial charge in [-0.1, -0.05) is 60.7 Å². The normalized spacial score (nSPS) is 18.1. The average molecular weight is 566 g/mol. The Morgan fingerprint density at radius 1 is 0.929 bits per heavy atom. The Kier molecular flexibility index (Phi) is 9.43. The maximum absolute atomic E-state index is 14.0. The molecule has 2 amide bonds. The Morgan fingerprint density at radius 2 is 1.62 bits per heavy atom. The SMILES string of the molecule is CC(=O)N1C[C@H]2CC(c3ccc(CCCOc4cc(C)cc(C)c4)cc3)=C(C(=O)N(C)CCc3ccccc3)[C@@H](C1)N2. The van der Waals surface area contributed by atoms with Crippen LogP contribution in [0.5, 0.6) is 5.75 Å². The van der Waals surface area contributed by atoms with Crippen molar-refractivity contribution in [3.05, 3.63) is 106 Å². The highest BCUT2D eigenvalue weighted by atomic mass is 16.5. The highest BCUT2D eigenvalue weighted by Gasteiger charge is 2.39. The van der Waals surface area contributed by atoms with E-state index in [2.05, 4.69) is 73.8 Å². The highest BCUT2D eigenvalue weighted by molar-refractivity contribution is 6.03. The molecule has 0 saturated carbocycles. The molecule has 1 N–H and O–H groups in total. The molecule has 1 fully saturated rings. The molecule has 2 aliphatic rings. The average Bonchev–Trinajstić information content (AvgIpc) is 2.97. The molecule has 0 spiro atoms. The molecule has 2 atom stereocenters. The van der Waals surface area contributed by atoms with Crippen LogP contribution in [0.4, 0.5) is 0 Å². The Bertz CT molecular complexity index is 1410. The number of amides is 2. The van der Waals surface area contributed by atoms with Gasteiger partial charge in [-0.3, -0.25) is 9.59 Å². The van der Waals surface area contributed by atoms with Crippen LogP contribution in [0, 0.1) is 13.8 Å². The summed E-state index contributed by atoms with van der Waals surface area (Å²) < 4.78 is 6.00. The second kappa shape index (κ2) is 13.4. The van der Waals surface area contributed by atoms with Crippen LogP contribution in [0.15, 0.2) is 78.4 Å². The van der Waals surface area contributed by atoms with Gasteiger partial charge in [0.1, 0.15) is 5.75 Å². The molecule has 0 radical (unpaired) electrons. The molecule has 0 unspecified atom stereocenters. The predicted molar refractivity (Wildman–Crippen MR) is 168 cm³/mol. The molecular weight excluding hydrogens is 522 g/mol. The Labute approximate surface area is 250 Å². The van der Waals surface area contributed by atoms with Crippen LogP contribution in [-0.2, 0) is 22.4 Å². The number of nitrogens with zero attached hydrogens (tertiary/aromatic N) is 2. The van der Waals surface area contributed by atoms with Gasteiger partial charge in [0.05, 0.1) is 12.6 Å². The smallest absolute Gasteiger partial charge is 0.251 e. The molecule has 220 valence electrons. The minimum absolute atomic E-state index is 0.0369. The van der Waals surface area contributed by atoms with Crippen molar-refractivity contribution in [1.29, 1.82) is 0 Å². The van der Waals surface area contributed by atoms with E-state index >= 15 is 0 Å². The zero-order valence-corrected chi connectivity index (χ0v) is 25.4. The van der Waals surface area contributed by atoms with E-state index in [9.17, 15) is 9.59 Å². The van der Waals surface area contributed by atoms with Crippen molar-refractivity contribution in [1.82, 2.24) is 15.1 Å². The second-order valence-corrected chi connectivity index (χ2v) is 11.9. The molecule has 0 aromatic heterocycles. The number of hydrogen-bond acceptors (Lipinski definition) is 4. The van der Waals surface area contributed by atoms with E-state index in [4.69, 9.17) is 4.74 Å². The summed E-state index contributed by atoms with van der Waals surface area (Å²) >= 11 is 0. The molecule has 42 heavy (non-hydrogen) atoms. The first-order valence-electron chi connectivity index (χ1n) is 15.1. The van der Waals surface area contributed by atoms with Crippen molar-refractivity contribution in [3.63, 3.8) is 0 Å². The van der Waals surface area contributed by atoms with E-state index in [1.165, 1.54) is 22.3 Å². The van der Waals surface area contributed by atoms with Crippen LogP contribution < -0.4 is 10.1 Å². The van der Waals surface area contributed by atoms with Crippen molar-refractivity contribution < 1.29 is 14.3 Å². The van der Waals surface area contributed by atoms with Crippen molar-refractivity contribution in [3.8, 4) is 5.75 Å². The lowest BCUT2D eigenvalue weighted by Gasteiger charge is -2.44. The van der Waals surface area contributed by atoms with Gasteiger partial charge in [-0.05, 0) is 85.1 Å². The van der Waals surface area contributed by atoms with Crippen LogP contribution in [-0.4, -0.2) is 67.0 Å². The molecule has 2 heterocycles. The number of hydrogen-bond donors (Lipinski definition) is 1. The van der Waals surface area contributed by atoms with Crippen LogP contribution >= 0.6 is 0 Å². The molecule has 1 saturated heterocycles. The van der Waals surface area contributed by atoms with Crippen LogP contribution in [0.2, 0.25) is 0 Å². The van der Waals surface area contributed by atoms with Gasteiger partial charge < -0.3 is 19.9 Å². The first-order valence-corrected chi connectivity index (χ1v) is 15.1. The summed E-state index contributed by atoms with van der Waals surface area (Å²) in [6, 6.07) is 25.2. The molecule has 6 heteroatoms. The minimum atomic E-state index is -0.176. The standard InChI is InChI=1S/C36H43N3O3/c1-25-19-26(2)21-32(20-25)42-18-8-11-29-12-14-30(15-13-29)33-22-31-23-39(27(3)40)24-34(37-31)35(33)36(41)38(4)17-16-28-9-6-5-7-10-28/h5-7,9-10,12-15,19-21,31,34,37H,8,11,16-18,22-24H2,1-4H3/t31-,34-/m1/s1. The summed E-state index contributed by atoms with van der Waals surface area (Å²) in [5.41, 5.74) is 7.89. The fraction of sp³-hybridized carbons (Fsp3) is 0.389. The summed E-state index contributed by atoms with van der Waals surface area (Å²) in [4.78, 5) is 30.0. The summed E-state index contributed by atoms with van der Waals surface area (Å²) in [6.45, 7) is 8.28. The third-order valence-corrected chi connectivity index (χ3v) is 8.38. The number of likely N-dealkylation sites (N-methyl/N-ethyl adjacent to an activating group) is 1. The molecule has 5 rings (SSSR count). The van der Waals surface area contributed by atoms with Gasteiger partial charge in [-0.2, -0.15) is 0 Å². The van der Waals surface area contributed by atoms with Gasteiger partial charge in [-0.25, -0.2) is 0 Å². The zero-order chi connectivity index (χ0) is 29.6. The first kappa shape index (κ1) is 29.6. The van der Waals surface area contributed by atoms with Gasteiger partial charge in [-0.15, -0.1) is 0 Å². The maximum Gasteiger partial charge on any atom is 0.251 e. The summed E-state index contributed by atoms with van der Waals surface area (Å²) in [5, 5.41) is 3.65. The number of benzene rings is 3. The monoisotopic (exact) mass is 565 g/mol. The number of ether oxygens (including phenoxy) is 1. The topological polar surface area (TPSA) is 61.9 Å². The maximum atomic E-state index is 14.0. The third-order valence-electron chi connectivity index (χ3n) is 8.38. The molecule has 3 aromatic carbocycles. The quantitative estimate of drug-likeness (QED) is 0.336. The molecule has 2 aliphatic heterocycles. The lowest BCUT2D eigenvalue weighted by molar-refractivity contribution is -0.132. The molecule has 0 aliphatic carbocycles. The number of carbonyl (C=O) groups excluding carboxylic acids is 2. The Hall–Kier alpha value is -3.90. The number of aryl methyl sites for hydroxylation is 3. The Morgan fingerprint density at radius 3 is 2.31 bits per heavy atom. The number of carbonyl (C=O) groups is 2. The fourth-order valence-corrected chi connectivity index (χ4v) is 6.23. The van der Waals surface area contributed by atoms with E-state index in [1.807, 2.05) is 35.0 Å². The number of nitrogens with one attached hydrogen (secondary N) is 1. The Balaban J connectivity index is 1.30. The van der Waals surface area contributed by atoms with E-state index in [1.54, 1.807) is 6.92 Å².